The minimum atomic E-state index is -1.28. The number of aromatic nitrogens is 5. The van der Waals surface area contributed by atoms with Crippen LogP contribution in [0.3, 0.4) is 0 Å². The van der Waals surface area contributed by atoms with Crippen LogP contribution in [-0.2, 0) is 6.54 Å². The van der Waals surface area contributed by atoms with Crippen molar-refractivity contribution in [1.29, 1.82) is 0 Å². The van der Waals surface area contributed by atoms with Crippen molar-refractivity contribution in [3.63, 3.8) is 0 Å². The molecule has 0 saturated carbocycles. The molecule has 0 aliphatic heterocycles. The lowest BCUT2D eigenvalue weighted by atomic mass is 10.5. The SMILES string of the molecule is NCCn1cc(-c2nnc(C(=O)O)o2)nn1. The van der Waals surface area contributed by atoms with Crippen LogP contribution in [0.2, 0.25) is 0 Å². The molecule has 2 heterocycles. The molecule has 16 heavy (non-hydrogen) atoms. The number of nitrogens with two attached hydrogens (primary N) is 1. The maximum atomic E-state index is 10.5. The first kappa shape index (κ1) is 10.2. The van der Waals surface area contributed by atoms with E-state index >= 15 is 0 Å². The van der Waals surface area contributed by atoms with Gasteiger partial charge in [-0.05, 0) is 0 Å². The lowest BCUT2D eigenvalue weighted by molar-refractivity contribution is 0.0654. The van der Waals surface area contributed by atoms with Crippen molar-refractivity contribution in [2.75, 3.05) is 6.54 Å². The number of nitrogens with zero attached hydrogens (tertiary/aromatic N) is 5. The highest BCUT2D eigenvalue weighted by atomic mass is 16.4. The van der Waals surface area contributed by atoms with E-state index in [1.54, 1.807) is 6.20 Å². The highest BCUT2D eigenvalue weighted by Gasteiger charge is 2.16. The largest absolute Gasteiger partial charge is 0.474 e. The number of carboxylic acids is 1. The van der Waals surface area contributed by atoms with Crippen LogP contribution in [-0.4, -0.2) is 42.8 Å². The Kier molecular flexibility index (Phi) is 2.60. The zero-order chi connectivity index (χ0) is 11.5. The standard InChI is InChI=1S/C7H8N6O3/c8-1-2-13-3-4(9-12-13)5-10-11-6(16-5)7(14)15/h3H,1-2,8H2,(H,14,15). The van der Waals surface area contributed by atoms with E-state index in [2.05, 4.69) is 20.5 Å². The highest BCUT2D eigenvalue weighted by Crippen LogP contribution is 2.13. The summed E-state index contributed by atoms with van der Waals surface area (Å²) >= 11 is 0. The Balaban J connectivity index is 2.24. The second-order valence-electron chi connectivity index (χ2n) is 2.87. The van der Waals surface area contributed by atoms with E-state index in [-0.39, 0.29) is 5.89 Å². The average molecular weight is 224 g/mol. The smallest absolute Gasteiger partial charge is 0.393 e. The number of hydrogen-bond acceptors (Lipinski definition) is 7. The number of carbonyl (C=O) groups is 1. The van der Waals surface area contributed by atoms with E-state index in [0.29, 0.717) is 18.8 Å². The summed E-state index contributed by atoms with van der Waals surface area (Å²) in [5, 5.41) is 22.9. The maximum absolute atomic E-state index is 10.5. The number of rotatable bonds is 4. The molecule has 0 aliphatic carbocycles. The zero-order valence-electron chi connectivity index (χ0n) is 8.07. The molecule has 0 bridgehead atoms. The van der Waals surface area contributed by atoms with E-state index in [1.165, 1.54) is 4.68 Å². The van der Waals surface area contributed by atoms with Crippen LogP contribution in [0.15, 0.2) is 10.6 Å². The molecule has 84 valence electrons. The van der Waals surface area contributed by atoms with Gasteiger partial charge in [-0.1, -0.05) is 5.21 Å². The topological polar surface area (TPSA) is 133 Å². The molecule has 2 aromatic rings. The van der Waals surface area contributed by atoms with E-state index in [0.717, 1.165) is 0 Å². The van der Waals surface area contributed by atoms with Gasteiger partial charge in [0.2, 0.25) is 0 Å². The minimum Gasteiger partial charge on any atom is -0.474 e. The van der Waals surface area contributed by atoms with Crippen molar-refractivity contribution in [3.05, 3.63) is 12.1 Å². The van der Waals surface area contributed by atoms with Crippen molar-refractivity contribution in [2.45, 2.75) is 6.54 Å². The van der Waals surface area contributed by atoms with Gasteiger partial charge < -0.3 is 15.3 Å². The summed E-state index contributed by atoms with van der Waals surface area (Å²) in [6.45, 7) is 0.930. The van der Waals surface area contributed by atoms with Gasteiger partial charge in [0, 0.05) is 6.54 Å². The monoisotopic (exact) mass is 224 g/mol. The molecule has 0 radical (unpaired) electrons. The molecule has 9 nitrogen and oxygen atoms in total. The summed E-state index contributed by atoms with van der Waals surface area (Å²) in [6, 6.07) is 0. The average Bonchev–Trinajstić information content (AvgIpc) is 2.84. The summed E-state index contributed by atoms with van der Waals surface area (Å²) in [5.41, 5.74) is 5.65. The lowest BCUT2D eigenvalue weighted by Crippen LogP contribution is -2.10. The molecule has 0 fully saturated rings. The first-order chi connectivity index (χ1) is 7.70. The van der Waals surface area contributed by atoms with Crippen LogP contribution in [0, 0.1) is 0 Å². The van der Waals surface area contributed by atoms with Crippen molar-refractivity contribution < 1.29 is 14.3 Å². The second-order valence-corrected chi connectivity index (χ2v) is 2.87. The normalized spacial score (nSPS) is 10.6. The predicted molar refractivity (Wildman–Crippen MR) is 49.3 cm³/mol. The second kappa shape index (κ2) is 4.06. The molecule has 0 spiro atoms. The van der Waals surface area contributed by atoms with E-state index < -0.39 is 11.9 Å². The molecular weight excluding hydrogens is 216 g/mol. The fourth-order valence-electron chi connectivity index (χ4n) is 1.05. The van der Waals surface area contributed by atoms with Crippen molar-refractivity contribution in [1.82, 2.24) is 25.2 Å². The Bertz CT molecular complexity index is 504. The van der Waals surface area contributed by atoms with Crippen molar-refractivity contribution in [2.24, 2.45) is 5.73 Å². The van der Waals surface area contributed by atoms with Gasteiger partial charge in [0.1, 0.15) is 0 Å². The quantitative estimate of drug-likeness (QED) is 0.674. The molecular formula is C7H8N6O3. The van der Waals surface area contributed by atoms with Gasteiger partial charge >= 0.3 is 11.9 Å². The Labute approximate surface area is 88.9 Å². The van der Waals surface area contributed by atoms with Crippen LogP contribution in [0.25, 0.3) is 11.6 Å². The van der Waals surface area contributed by atoms with Gasteiger partial charge in [0.15, 0.2) is 5.69 Å². The van der Waals surface area contributed by atoms with Crippen LogP contribution in [0.1, 0.15) is 10.7 Å². The summed E-state index contributed by atoms with van der Waals surface area (Å²) in [7, 11) is 0. The third kappa shape index (κ3) is 1.88. The highest BCUT2D eigenvalue weighted by molar-refractivity contribution is 5.82. The van der Waals surface area contributed by atoms with Crippen molar-refractivity contribution in [3.8, 4) is 11.6 Å². The van der Waals surface area contributed by atoms with E-state index in [4.69, 9.17) is 15.3 Å². The van der Waals surface area contributed by atoms with Gasteiger partial charge in [-0.25, -0.2) is 4.79 Å². The van der Waals surface area contributed by atoms with Crippen LogP contribution in [0.5, 0.6) is 0 Å². The van der Waals surface area contributed by atoms with Gasteiger partial charge in [-0.2, -0.15) is 0 Å². The Hall–Kier alpha value is -2.29. The Morgan fingerprint density at radius 1 is 1.50 bits per heavy atom. The Morgan fingerprint density at radius 3 is 2.94 bits per heavy atom. The van der Waals surface area contributed by atoms with E-state index in [1.807, 2.05) is 0 Å². The van der Waals surface area contributed by atoms with E-state index in [9.17, 15) is 4.79 Å². The first-order valence-corrected chi connectivity index (χ1v) is 4.38. The molecule has 0 unspecified atom stereocenters. The molecule has 0 atom stereocenters. The number of aromatic carboxylic acids is 1. The maximum Gasteiger partial charge on any atom is 0.393 e. The van der Waals surface area contributed by atoms with Crippen LogP contribution < -0.4 is 5.73 Å². The third-order valence-electron chi connectivity index (χ3n) is 1.72. The van der Waals surface area contributed by atoms with Crippen LogP contribution in [0.4, 0.5) is 0 Å². The zero-order valence-corrected chi connectivity index (χ0v) is 8.07. The summed E-state index contributed by atoms with van der Waals surface area (Å²) < 4.78 is 6.35. The number of carboxylic acid groups (broad SMARTS) is 1. The fourth-order valence-corrected chi connectivity index (χ4v) is 1.05. The third-order valence-corrected chi connectivity index (χ3v) is 1.72. The molecule has 0 aliphatic rings. The van der Waals surface area contributed by atoms with Crippen molar-refractivity contribution >= 4 is 5.97 Å². The molecule has 0 aromatic carbocycles. The minimum absolute atomic E-state index is 0.0145. The van der Waals surface area contributed by atoms with Gasteiger partial charge in [0.05, 0.1) is 12.7 Å². The summed E-state index contributed by atoms with van der Waals surface area (Å²) in [4.78, 5) is 10.5. The summed E-state index contributed by atoms with van der Waals surface area (Å²) in [5.74, 6) is -1.75. The fraction of sp³-hybridized carbons (Fsp3) is 0.286. The molecule has 0 amide bonds. The molecule has 3 N–H and O–H groups in total. The summed E-state index contributed by atoms with van der Waals surface area (Å²) in [6.07, 6.45) is 1.55. The molecule has 2 aromatic heterocycles. The Morgan fingerprint density at radius 2 is 2.31 bits per heavy atom. The molecule has 0 saturated heterocycles. The predicted octanol–water partition coefficient (Wildman–Crippen LogP) is -1.01. The molecule has 9 heteroatoms. The van der Waals surface area contributed by atoms with Gasteiger partial charge in [-0.15, -0.1) is 15.3 Å². The van der Waals surface area contributed by atoms with Gasteiger partial charge in [0.25, 0.3) is 5.89 Å². The van der Waals surface area contributed by atoms with Gasteiger partial charge in [-0.3, -0.25) is 4.68 Å². The molecule has 2 rings (SSSR count). The number of hydrogen-bond donors (Lipinski definition) is 2. The lowest BCUT2D eigenvalue weighted by Gasteiger charge is -1.91. The van der Waals surface area contributed by atoms with Crippen LogP contribution >= 0.6 is 0 Å². The first-order valence-electron chi connectivity index (χ1n) is 4.38.